The van der Waals surface area contributed by atoms with Crippen LogP contribution in [0.2, 0.25) is 0 Å². The van der Waals surface area contributed by atoms with E-state index in [1.165, 1.54) is 12.1 Å². The third kappa shape index (κ3) is 4.95. The van der Waals surface area contributed by atoms with Crippen LogP contribution in [0.3, 0.4) is 0 Å². The molecule has 0 aliphatic carbocycles. The van der Waals surface area contributed by atoms with E-state index < -0.39 is 5.97 Å². The van der Waals surface area contributed by atoms with E-state index >= 15 is 0 Å². The van der Waals surface area contributed by atoms with Gasteiger partial charge in [0.05, 0.1) is 6.61 Å². The molecule has 1 N–H and O–H groups in total. The first-order chi connectivity index (χ1) is 12.6. The Morgan fingerprint density at radius 1 is 1.23 bits per heavy atom. The number of carboxylic acid groups (broad SMARTS) is 1. The molecule has 1 aliphatic rings. The molecule has 0 spiro atoms. The summed E-state index contributed by atoms with van der Waals surface area (Å²) in [4.78, 5) is 10.5. The minimum atomic E-state index is -0.770. The number of fused-ring (bicyclic) bond motifs is 1. The molecule has 0 saturated carbocycles. The van der Waals surface area contributed by atoms with Gasteiger partial charge in [0.15, 0.2) is 6.79 Å². The highest BCUT2D eigenvalue weighted by atomic mass is 19.1. The summed E-state index contributed by atoms with van der Waals surface area (Å²) < 4.78 is 30.3. The molecule has 138 valence electrons. The SMILES string of the molecule is O=C(O)CCCCc1cccc(OCc2cc(F)cc3c2OCOC3)c1. The van der Waals surface area contributed by atoms with Gasteiger partial charge in [-0.15, -0.1) is 0 Å². The van der Waals surface area contributed by atoms with Crippen molar-refractivity contribution >= 4 is 5.97 Å². The zero-order valence-corrected chi connectivity index (χ0v) is 14.4. The van der Waals surface area contributed by atoms with E-state index in [1.807, 2.05) is 24.3 Å². The predicted molar refractivity (Wildman–Crippen MR) is 92.6 cm³/mol. The molecule has 0 radical (unpaired) electrons. The summed E-state index contributed by atoms with van der Waals surface area (Å²) in [5, 5.41) is 8.67. The van der Waals surface area contributed by atoms with Crippen molar-refractivity contribution < 1.29 is 28.5 Å². The monoisotopic (exact) mass is 360 g/mol. The highest BCUT2D eigenvalue weighted by molar-refractivity contribution is 5.66. The number of carboxylic acids is 1. The fourth-order valence-electron chi connectivity index (χ4n) is 2.92. The zero-order valence-electron chi connectivity index (χ0n) is 14.4. The van der Waals surface area contributed by atoms with Crippen molar-refractivity contribution in [2.75, 3.05) is 6.79 Å². The summed E-state index contributed by atoms with van der Waals surface area (Å²) >= 11 is 0. The van der Waals surface area contributed by atoms with Crippen molar-refractivity contribution in [1.82, 2.24) is 0 Å². The second-order valence-electron chi connectivity index (χ2n) is 6.20. The van der Waals surface area contributed by atoms with Gasteiger partial charge in [-0.3, -0.25) is 4.79 Å². The maximum Gasteiger partial charge on any atom is 0.303 e. The van der Waals surface area contributed by atoms with Crippen molar-refractivity contribution in [3.63, 3.8) is 0 Å². The van der Waals surface area contributed by atoms with E-state index in [-0.39, 0.29) is 25.6 Å². The summed E-state index contributed by atoms with van der Waals surface area (Å²) in [6.45, 7) is 0.673. The highest BCUT2D eigenvalue weighted by Crippen LogP contribution is 2.30. The lowest BCUT2D eigenvalue weighted by atomic mass is 10.1. The first-order valence-electron chi connectivity index (χ1n) is 8.57. The number of aryl methyl sites for hydroxylation is 1. The highest BCUT2D eigenvalue weighted by Gasteiger charge is 2.17. The fraction of sp³-hybridized carbons (Fsp3) is 0.350. The van der Waals surface area contributed by atoms with Gasteiger partial charge in [0.25, 0.3) is 0 Å². The molecule has 3 rings (SSSR count). The molecule has 0 fully saturated rings. The molecule has 26 heavy (non-hydrogen) atoms. The van der Waals surface area contributed by atoms with Gasteiger partial charge in [-0.05, 0) is 49.1 Å². The first kappa shape index (κ1) is 18.2. The van der Waals surface area contributed by atoms with Crippen molar-refractivity contribution in [3.05, 3.63) is 58.9 Å². The van der Waals surface area contributed by atoms with Crippen LogP contribution in [0.5, 0.6) is 11.5 Å². The largest absolute Gasteiger partial charge is 0.489 e. The van der Waals surface area contributed by atoms with Gasteiger partial charge < -0.3 is 19.3 Å². The molecule has 0 saturated heterocycles. The molecule has 0 aromatic heterocycles. The Bertz CT molecular complexity index is 775. The number of hydrogen-bond donors (Lipinski definition) is 1. The van der Waals surface area contributed by atoms with E-state index in [9.17, 15) is 9.18 Å². The number of halogens is 1. The number of benzene rings is 2. The van der Waals surface area contributed by atoms with Crippen LogP contribution in [0.25, 0.3) is 0 Å². The molecule has 2 aromatic carbocycles. The summed E-state index contributed by atoms with van der Waals surface area (Å²) in [6, 6.07) is 10.5. The normalized spacial score (nSPS) is 13.0. The van der Waals surface area contributed by atoms with Gasteiger partial charge in [0.1, 0.15) is 23.9 Å². The minimum absolute atomic E-state index is 0.150. The number of unbranched alkanes of at least 4 members (excludes halogenated alkanes) is 1. The molecule has 5 nitrogen and oxygen atoms in total. The summed E-state index contributed by atoms with van der Waals surface area (Å²) in [6.07, 6.45) is 2.43. The number of carbonyl (C=O) groups is 1. The topological polar surface area (TPSA) is 65.0 Å². The lowest BCUT2D eigenvalue weighted by molar-refractivity contribution is -0.137. The summed E-state index contributed by atoms with van der Waals surface area (Å²) in [5.74, 6) is 0.199. The van der Waals surface area contributed by atoms with Crippen molar-refractivity contribution in [1.29, 1.82) is 0 Å². The molecule has 0 unspecified atom stereocenters. The van der Waals surface area contributed by atoms with E-state index in [1.54, 1.807) is 0 Å². The van der Waals surface area contributed by atoms with Gasteiger partial charge in [-0.25, -0.2) is 4.39 Å². The molecule has 1 aliphatic heterocycles. The number of ether oxygens (including phenoxy) is 3. The summed E-state index contributed by atoms with van der Waals surface area (Å²) in [5.41, 5.74) is 2.41. The predicted octanol–water partition coefficient (Wildman–Crippen LogP) is 4.07. The Morgan fingerprint density at radius 2 is 2.12 bits per heavy atom. The lowest BCUT2D eigenvalue weighted by Gasteiger charge is -2.21. The molecule has 2 aromatic rings. The van der Waals surface area contributed by atoms with E-state index in [4.69, 9.17) is 19.3 Å². The average molecular weight is 360 g/mol. The van der Waals surface area contributed by atoms with Crippen LogP contribution in [0.1, 0.15) is 36.0 Å². The lowest BCUT2D eigenvalue weighted by Crippen LogP contribution is -2.14. The smallest absolute Gasteiger partial charge is 0.303 e. The standard InChI is InChI=1S/C20H21FO5/c21-17-9-15-11-24-13-26-20(15)16(10-17)12-25-18-6-3-5-14(8-18)4-1-2-7-19(22)23/h3,5-6,8-10H,1-2,4,7,11-13H2,(H,22,23). The van der Waals surface area contributed by atoms with E-state index in [2.05, 4.69) is 0 Å². The third-order valence-electron chi connectivity index (χ3n) is 4.15. The van der Waals surface area contributed by atoms with Crippen LogP contribution in [-0.4, -0.2) is 17.9 Å². The van der Waals surface area contributed by atoms with Crippen LogP contribution in [0, 0.1) is 5.82 Å². The van der Waals surface area contributed by atoms with Gasteiger partial charge >= 0.3 is 5.97 Å². The van der Waals surface area contributed by atoms with Crippen LogP contribution in [-0.2, 0) is 29.2 Å². The van der Waals surface area contributed by atoms with Crippen molar-refractivity contribution in [2.45, 2.75) is 38.9 Å². The molecule has 0 atom stereocenters. The number of hydrogen-bond acceptors (Lipinski definition) is 4. The molecule has 0 amide bonds. The number of aliphatic carboxylic acids is 1. The van der Waals surface area contributed by atoms with E-state index in [0.717, 1.165) is 18.4 Å². The van der Waals surface area contributed by atoms with E-state index in [0.29, 0.717) is 35.7 Å². The van der Waals surface area contributed by atoms with Gasteiger partial charge in [-0.1, -0.05) is 12.1 Å². The second kappa shape index (κ2) is 8.67. The maximum atomic E-state index is 13.8. The molecule has 6 heteroatoms. The first-order valence-corrected chi connectivity index (χ1v) is 8.57. The Kier molecular flexibility index (Phi) is 6.07. The molecular formula is C20H21FO5. The van der Waals surface area contributed by atoms with Crippen molar-refractivity contribution in [2.24, 2.45) is 0 Å². The van der Waals surface area contributed by atoms with Gasteiger partial charge in [-0.2, -0.15) is 0 Å². The Hall–Kier alpha value is -2.60. The molecular weight excluding hydrogens is 339 g/mol. The third-order valence-corrected chi connectivity index (χ3v) is 4.15. The Labute approximate surface area is 151 Å². The zero-order chi connectivity index (χ0) is 18.4. The van der Waals surface area contributed by atoms with Crippen LogP contribution in [0.4, 0.5) is 4.39 Å². The van der Waals surface area contributed by atoms with Crippen LogP contribution < -0.4 is 9.47 Å². The van der Waals surface area contributed by atoms with Crippen LogP contribution in [0.15, 0.2) is 36.4 Å². The summed E-state index contributed by atoms with van der Waals surface area (Å²) in [7, 11) is 0. The average Bonchev–Trinajstić information content (AvgIpc) is 2.63. The second-order valence-corrected chi connectivity index (χ2v) is 6.20. The van der Waals surface area contributed by atoms with Crippen molar-refractivity contribution in [3.8, 4) is 11.5 Å². The number of rotatable bonds is 8. The maximum absolute atomic E-state index is 13.8. The Morgan fingerprint density at radius 3 is 2.96 bits per heavy atom. The Balaban J connectivity index is 1.61. The van der Waals surface area contributed by atoms with Crippen LogP contribution >= 0.6 is 0 Å². The van der Waals surface area contributed by atoms with Gasteiger partial charge in [0.2, 0.25) is 0 Å². The quantitative estimate of drug-likeness (QED) is 0.719. The molecule has 0 bridgehead atoms. The minimum Gasteiger partial charge on any atom is -0.489 e. The molecule has 1 heterocycles. The fourth-order valence-corrected chi connectivity index (χ4v) is 2.92. The van der Waals surface area contributed by atoms with Gasteiger partial charge in [0, 0.05) is 17.5 Å².